The topological polar surface area (TPSA) is 218 Å². The number of phenolic OH excluding ortho intramolecular Hbond substituents is 2. The van der Waals surface area contributed by atoms with Crippen molar-refractivity contribution in [3.63, 3.8) is 0 Å². The van der Waals surface area contributed by atoms with Crippen LogP contribution in [0.3, 0.4) is 0 Å². The van der Waals surface area contributed by atoms with Crippen molar-refractivity contribution in [2.75, 3.05) is 0 Å². The van der Waals surface area contributed by atoms with Crippen molar-refractivity contribution < 1.29 is 36.2 Å². The molecule has 0 saturated carbocycles. The van der Waals surface area contributed by atoms with Crippen LogP contribution in [0.2, 0.25) is 0 Å². The van der Waals surface area contributed by atoms with Gasteiger partial charge < -0.3 is 10.2 Å². The van der Waals surface area contributed by atoms with E-state index >= 15 is 0 Å². The van der Waals surface area contributed by atoms with Crippen LogP contribution in [0.25, 0.3) is 98.0 Å². The van der Waals surface area contributed by atoms with Crippen LogP contribution >= 0.6 is 0 Å². The number of nitrogens with zero attached hydrogens (tertiary/aromatic N) is 4. The molecule has 0 amide bonds. The molecule has 4 aromatic heterocycles. The Kier molecular flexibility index (Phi) is 5.00. The molecule has 52 heavy (non-hydrogen) atoms. The Labute approximate surface area is 287 Å². The highest BCUT2D eigenvalue weighted by Crippen LogP contribution is 2.50. The highest BCUT2D eigenvalue weighted by Gasteiger charge is 2.27. The standard InChI is InChI=1S/C36H16N4O10S2/c41-25-11-19-28-18(35(43)40-24-10-14(52(48,49)50)2-8-22(24)38-34(19)40)6-4-16-30-26(42)12-20-27-17(5-3-15(31(27)30)29(25)32(16)28)33-37-21-7-1-13(51(45,46)47)9-23(21)39(33)36(20)44/h1-12,41-42H,(H,45,46,47)(H,48,49,50). The van der Waals surface area contributed by atoms with Crippen molar-refractivity contribution in [1.29, 1.82) is 0 Å². The summed E-state index contributed by atoms with van der Waals surface area (Å²) in [5, 5.41) is 28.2. The second-order valence-corrected chi connectivity index (χ2v) is 15.7. The number of fused-ring (bicyclic) bond motifs is 10. The number of phenols is 2. The fraction of sp³-hybridized carbons (Fsp3) is 0. The average molecular weight is 729 g/mol. The molecule has 14 nitrogen and oxygen atoms in total. The molecule has 0 fully saturated rings. The normalized spacial score (nSPS) is 13.4. The van der Waals surface area contributed by atoms with Crippen LogP contribution in [0.4, 0.5) is 0 Å². The molecule has 0 bridgehead atoms. The van der Waals surface area contributed by atoms with Crippen molar-refractivity contribution in [3.8, 4) is 11.5 Å². The van der Waals surface area contributed by atoms with Crippen LogP contribution in [-0.2, 0) is 20.2 Å². The molecule has 0 saturated heterocycles. The van der Waals surface area contributed by atoms with Gasteiger partial charge in [0.25, 0.3) is 31.4 Å². The minimum absolute atomic E-state index is 0.0962. The molecule has 11 rings (SSSR count). The van der Waals surface area contributed by atoms with Crippen LogP contribution < -0.4 is 11.1 Å². The van der Waals surface area contributed by atoms with E-state index in [-0.39, 0.29) is 50.1 Å². The summed E-state index contributed by atoms with van der Waals surface area (Å²) in [6.07, 6.45) is 0. The lowest BCUT2D eigenvalue weighted by Crippen LogP contribution is -2.14. The van der Waals surface area contributed by atoms with Crippen molar-refractivity contribution >= 4 is 118 Å². The van der Waals surface area contributed by atoms with Gasteiger partial charge in [-0.05, 0) is 71.4 Å². The minimum Gasteiger partial charge on any atom is -0.507 e. The fourth-order valence-corrected chi connectivity index (χ4v) is 9.22. The summed E-state index contributed by atoms with van der Waals surface area (Å²) in [4.78, 5) is 36.8. The maximum atomic E-state index is 14.2. The molecular weight excluding hydrogens is 713 g/mol. The number of aromatic nitrogens is 4. The van der Waals surface area contributed by atoms with Gasteiger partial charge in [0.2, 0.25) is 0 Å². The smallest absolute Gasteiger partial charge is 0.294 e. The third kappa shape index (κ3) is 3.34. The maximum absolute atomic E-state index is 14.2. The molecule has 7 aromatic carbocycles. The van der Waals surface area contributed by atoms with Crippen LogP contribution in [0.5, 0.6) is 11.5 Å². The molecule has 0 spiro atoms. The first-order chi connectivity index (χ1) is 24.7. The molecule has 4 heterocycles. The van der Waals surface area contributed by atoms with Gasteiger partial charge in [-0.25, -0.2) is 9.97 Å². The van der Waals surface area contributed by atoms with E-state index in [1.54, 1.807) is 24.3 Å². The number of imidazole rings is 2. The molecule has 252 valence electrons. The van der Waals surface area contributed by atoms with E-state index in [9.17, 15) is 45.7 Å². The van der Waals surface area contributed by atoms with E-state index in [1.165, 1.54) is 45.2 Å². The number of hydrogen-bond acceptors (Lipinski definition) is 10. The summed E-state index contributed by atoms with van der Waals surface area (Å²) < 4.78 is 69.5. The molecule has 16 heteroatoms. The summed E-state index contributed by atoms with van der Waals surface area (Å²) in [7, 11) is -9.19. The van der Waals surface area contributed by atoms with E-state index in [1.807, 2.05) is 0 Å². The summed E-state index contributed by atoms with van der Waals surface area (Å²) in [5.41, 5.74) is 0.0814. The number of rotatable bonds is 2. The highest BCUT2D eigenvalue weighted by molar-refractivity contribution is 7.86. The first kappa shape index (κ1) is 29.3. The Balaban J connectivity index is 1.34. The monoisotopic (exact) mass is 728 g/mol. The summed E-state index contributed by atoms with van der Waals surface area (Å²) >= 11 is 0. The van der Waals surface area contributed by atoms with Gasteiger partial charge in [0.05, 0.1) is 37.2 Å². The molecule has 11 aromatic rings. The molecule has 0 aliphatic carbocycles. The first-order valence-electron chi connectivity index (χ1n) is 15.5. The van der Waals surface area contributed by atoms with E-state index in [4.69, 9.17) is 0 Å². The van der Waals surface area contributed by atoms with E-state index in [0.717, 1.165) is 12.1 Å². The fourth-order valence-electron chi connectivity index (χ4n) is 8.22. The lowest BCUT2D eigenvalue weighted by molar-refractivity contribution is 0.481. The Hall–Kier alpha value is -6.46. The molecule has 0 radical (unpaired) electrons. The lowest BCUT2D eigenvalue weighted by Gasteiger charge is -2.19. The summed E-state index contributed by atoms with van der Waals surface area (Å²) in [6, 6.07) is 16.9. The van der Waals surface area contributed by atoms with Crippen LogP contribution in [0.15, 0.2) is 92.2 Å². The molecular formula is C36H16N4O10S2. The predicted octanol–water partition coefficient (Wildman–Crippen LogP) is 5.15. The van der Waals surface area contributed by atoms with E-state index in [2.05, 4.69) is 9.97 Å². The van der Waals surface area contributed by atoms with Crippen molar-refractivity contribution in [1.82, 2.24) is 18.8 Å². The Morgan fingerprint density at radius 2 is 0.885 bits per heavy atom. The number of benzene rings is 7. The molecule has 0 atom stereocenters. The van der Waals surface area contributed by atoms with Gasteiger partial charge in [0.15, 0.2) is 0 Å². The Morgan fingerprint density at radius 1 is 0.462 bits per heavy atom. The second kappa shape index (κ2) is 8.87. The van der Waals surface area contributed by atoms with Gasteiger partial charge in [-0.2, -0.15) is 16.8 Å². The zero-order chi connectivity index (χ0) is 35.9. The van der Waals surface area contributed by atoms with Gasteiger partial charge in [-0.15, -0.1) is 0 Å². The highest BCUT2D eigenvalue weighted by atomic mass is 32.2. The Bertz CT molecular complexity index is 3810. The lowest BCUT2D eigenvalue weighted by atomic mass is 9.85. The zero-order valence-electron chi connectivity index (χ0n) is 25.8. The van der Waals surface area contributed by atoms with Crippen LogP contribution in [0, 0.1) is 0 Å². The van der Waals surface area contributed by atoms with Crippen molar-refractivity contribution in [3.05, 3.63) is 93.5 Å². The van der Waals surface area contributed by atoms with E-state index < -0.39 is 41.1 Å². The Morgan fingerprint density at radius 3 is 1.40 bits per heavy atom. The number of pyridine rings is 2. The number of hydrogen-bond donors (Lipinski definition) is 4. The van der Waals surface area contributed by atoms with Gasteiger partial charge in [-0.1, -0.05) is 12.1 Å². The van der Waals surface area contributed by atoms with Crippen LogP contribution in [0.1, 0.15) is 0 Å². The third-order valence-electron chi connectivity index (χ3n) is 10.3. The van der Waals surface area contributed by atoms with Gasteiger partial charge in [0.1, 0.15) is 22.8 Å². The van der Waals surface area contributed by atoms with Crippen LogP contribution in [-0.4, -0.2) is 54.9 Å². The third-order valence-corrected chi connectivity index (χ3v) is 12.0. The van der Waals surface area contributed by atoms with Crippen molar-refractivity contribution in [2.24, 2.45) is 0 Å². The quantitative estimate of drug-likeness (QED) is 0.103. The van der Waals surface area contributed by atoms with Gasteiger partial charge >= 0.3 is 0 Å². The molecule has 0 unspecified atom stereocenters. The molecule has 0 aliphatic heterocycles. The van der Waals surface area contributed by atoms with E-state index in [0.29, 0.717) is 59.4 Å². The SMILES string of the molecule is O=c1c2cc(O)c3c4ccc5c(=O)n6c7cc(S(=O)(=O)O)ccc7nc6c6cc(O)c(c7ccc(c2c73)c2nc3ccc(S(=O)(=O)O)cc3n12)c4c56. The predicted molar refractivity (Wildman–Crippen MR) is 193 cm³/mol. The first-order valence-corrected chi connectivity index (χ1v) is 18.4. The second-order valence-electron chi connectivity index (χ2n) is 12.9. The summed E-state index contributed by atoms with van der Waals surface area (Å²) in [5.74, 6) is -0.454. The average Bonchev–Trinajstić information content (AvgIpc) is 3.68. The largest absolute Gasteiger partial charge is 0.507 e. The maximum Gasteiger partial charge on any atom is 0.294 e. The molecule has 4 N–H and O–H groups in total. The summed E-state index contributed by atoms with van der Waals surface area (Å²) in [6.45, 7) is 0. The van der Waals surface area contributed by atoms with Gasteiger partial charge in [-0.3, -0.25) is 27.5 Å². The van der Waals surface area contributed by atoms with Crippen molar-refractivity contribution in [2.45, 2.75) is 9.79 Å². The molecule has 0 aliphatic rings. The minimum atomic E-state index is -4.59. The number of aromatic hydroxyl groups is 2. The zero-order valence-corrected chi connectivity index (χ0v) is 27.4. The van der Waals surface area contributed by atoms with Gasteiger partial charge in [0, 0.05) is 48.5 Å².